The predicted octanol–water partition coefficient (Wildman–Crippen LogP) is 2.08. The molecular formula is C15H26F3N3O2. The zero-order valence-corrected chi connectivity index (χ0v) is 13.8. The lowest BCUT2D eigenvalue weighted by molar-refractivity contribution is -0.143. The number of likely N-dealkylation sites (tertiary alicyclic amines) is 1. The zero-order valence-electron chi connectivity index (χ0n) is 13.8. The minimum absolute atomic E-state index is 0.0832. The third-order valence-electron chi connectivity index (χ3n) is 4.69. The van der Waals surface area contributed by atoms with E-state index in [1.807, 2.05) is 13.8 Å². The van der Waals surface area contributed by atoms with Gasteiger partial charge in [-0.15, -0.1) is 0 Å². The van der Waals surface area contributed by atoms with E-state index in [0.717, 1.165) is 6.42 Å². The number of urea groups is 1. The van der Waals surface area contributed by atoms with E-state index >= 15 is 0 Å². The van der Waals surface area contributed by atoms with Gasteiger partial charge in [0.15, 0.2) is 0 Å². The summed E-state index contributed by atoms with van der Waals surface area (Å²) in [6.45, 7) is 5.99. The van der Waals surface area contributed by atoms with E-state index in [0.29, 0.717) is 45.8 Å². The molecule has 5 nitrogen and oxygen atoms in total. The van der Waals surface area contributed by atoms with E-state index in [-0.39, 0.29) is 17.6 Å². The molecule has 2 rings (SSSR count). The Morgan fingerprint density at radius 1 is 1.39 bits per heavy atom. The summed E-state index contributed by atoms with van der Waals surface area (Å²) in [4.78, 5) is 15.4. The molecule has 2 unspecified atom stereocenters. The van der Waals surface area contributed by atoms with Gasteiger partial charge in [0.2, 0.25) is 0 Å². The fourth-order valence-corrected chi connectivity index (χ4v) is 3.14. The number of halogens is 3. The third kappa shape index (κ3) is 5.53. The minimum atomic E-state index is -4.16. The van der Waals surface area contributed by atoms with Gasteiger partial charge in [0.05, 0.1) is 25.3 Å². The number of alkyl halides is 3. The number of rotatable bonds is 4. The van der Waals surface area contributed by atoms with Crippen LogP contribution in [0.5, 0.6) is 0 Å². The van der Waals surface area contributed by atoms with Crippen molar-refractivity contribution in [3.05, 3.63) is 0 Å². The predicted molar refractivity (Wildman–Crippen MR) is 80.2 cm³/mol. The smallest absolute Gasteiger partial charge is 0.372 e. The van der Waals surface area contributed by atoms with Crippen molar-refractivity contribution in [3.63, 3.8) is 0 Å². The molecule has 0 aromatic carbocycles. The molecule has 0 aromatic rings. The standard InChI is InChI=1S/C15H26F3N3O2/c1-3-14(2)10-21(6-7-23-14)13(22)19-8-12-4-5-20(9-12)11-15(16,17)18/h12H,3-11H2,1-2H3,(H,19,22). The molecule has 134 valence electrons. The number of ether oxygens (including phenoxy) is 1. The molecular weight excluding hydrogens is 311 g/mol. The molecule has 0 aromatic heterocycles. The Morgan fingerprint density at radius 2 is 2.13 bits per heavy atom. The lowest BCUT2D eigenvalue weighted by atomic mass is 10.0. The molecule has 2 fully saturated rings. The quantitative estimate of drug-likeness (QED) is 0.854. The molecule has 0 radical (unpaired) electrons. The van der Waals surface area contributed by atoms with Crippen molar-refractivity contribution in [2.24, 2.45) is 5.92 Å². The first-order valence-corrected chi connectivity index (χ1v) is 8.16. The second-order valence-electron chi connectivity index (χ2n) is 6.76. The van der Waals surface area contributed by atoms with E-state index in [4.69, 9.17) is 4.74 Å². The number of hydrogen-bond acceptors (Lipinski definition) is 3. The van der Waals surface area contributed by atoms with Gasteiger partial charge in [-0.1, -0.05) is 6.92 Å². The highest BCUT2D eigenvalue weighted by Crippen LogP contribution is 2.23. The van der Waals surface area contributed by atoms with E-state index < -0.39 is 12.7 Å². The second kappa shape index (κ2) is 7.25. The van der Waals surface area contributed by atoms with Gasteiger partial charge in [-0.2, -0.15) is 13.2 Å². The van der Waals surface area contributed by atoms with Gasteiger partial charge in [0.25, 0.3) is 0 Å². The molecule has 23 heavy (non-hydrogen) atoms. The Morgan fingerprint density at radius 3 is 2.78 bits per heavy atom. The van der Waals surface area contributed by atoms with Crippen molar-refractivity contribution in [1.82, 2.24) is 15.1 Å². The van der Waals surface area contributed by atoms with Crippen molar-refractivity contribution in [2.75, 3.05) is 45.9 Å². The van der Waals surface area contributed by atoms with Gasteiger partial charge < -0.3 is 15.0 Å². The van der Waals surface area contributed by atoms with Gasteiger partial charge in [0, 0.05) is 19.6 Å². The molecule has 2 aliphatic heterocycles. The summed E-state index contributed by atoms with van der Waals surface area (Å²) >= 11 is 0. The number of hydrogen-bond donors (Lipinski definition) is 1. The van der Waals surface area contributed by atoms with Crippen LogP contribution in [0.25, 0.3) is 0 Å². The van der Waals surface area contributed by atoms with Crippen LogP contribution in [0.15, 0.2) is 0 Å². The normalized spacial score (nSPS) is 29.8. The summed E-state index contributed by atoms with van der Waals surface area (Å²) in [5, 5.41) is 2.86. The maximum absolute atomic E-state index is 12.4. The van der Waals surface area contributed by atoms with Crippen LogP contribution in [0, 0.1) is 5.92 Å². The summed E-state index contributed by atoms with van der Waals surface area (Å²) in [5.41, 5.74) is -0.313. The Hall–Kier alpha value is -1.02. The molecule has 1 N–H and O–H groups in total. The van der Waals surface area contributed by atoms with Gasteiger partial charge >= 0.3 is 12.2 Å². The average molecular weight is 337 g/mol. The highest BCUT2D eigenvalue weighted by atomic mass is 19.4. The van der Waals surface area contributed by atoms with Crippen LogP contribution in [0.2, 0.25) is 0 Å². The van der Waals surface area contributed by atoms with E-state index in [2.05, 4.69) is 5.32 Å². The number of morpholine rings is 1. The number of nitrogens with zero attached hydrogens (tertiary/aromatic N) is 2. The maximum atomic E-state index is 12.4. The lowest BCUT2D eigenvalue weighted by Gasteiger charge is -2.40. The van der Waals surface area contributed by atoms with Crippen LogP contribution in [-0.2, 0) is 4.74 Å². The molecule has 0 spiro atoms. The molecule has 8 heteroatoms. The largest absolute Gasteiger partial charge is 0.401 e. The Balaban J connectivity index is 1.73. The van der Waals surface area contributed by atoms with Crippen molar-refractivity contribution < 1.29 is 22.7 Å². The highest BCUT2D eigenvalue weighted by Gasteiger charge is 2.35. The topological polar surface area (TPSA) is 44.8 Å². The molecule has 0 bridgehead atoms. The summed E-state index contributed by atoms with van der Waals surface area (Å²) < 4.78 is 42.8. The van der Waals surface area contributed by atoms with Gasteiger partial charge in [-0.3, -0.25) is 4.90 Å². The third-order valence-corrected chi connectivity index (χ3v) is 4.69. The Labute approximate surface area is 135 Å². The second-order valence-corrected chi connectivity index (χ2v) is 6.76. The fourth-order valence-electron chi connectivity index (χ4n) is 3.14. The van der Waals surface area contributed by atoms with Crippen LogP contribution in [-0.4, -0.2) is 73.5 Å². The first-order valence-electron chi connectivity index (χ1n) is 8.16. The monoisotopic (exact) mass is 337 g/mol. The van der Waals surface area contributed by atoms with E-state index in [9.17, 15) is 18.0 Å². The summed E-state index contributed by atoms with van der Waals surface area (Å²) in [7, 11) is 0. The summed E-state index contributed by atoms with van der Waals surface area (Å²) in [6, 6.07) is -0.151. The van der Waals surface area contributed by atoms with Crippen molar-refractivity contribution >= 4 is 6.03 Å². The van der Waals surface area contributed by atoms with Crippen molar-refractivity contribution in [1.29, 1.82) is 0 Å². The maximum Gasteiger partial charge on any atom is 0.401 e. The number of carbonyl (C=O) groups is 1. The van der Waals surface area contributed by atoms with Crippen LogP contribution >= 0.6 is 0 Å². The number of nitrogens with one attached hydrogen (secondary N) is 1. The lowest BCUT2D eigenvalue weighted by Crippen LogP contribution is -2.54. The van der Waals surface area contributed by atoms with Crippen LogP contribution in [0.3, 0.4) is 0 Å². The molecule has 2 amide bonds. The molecule has 2 saturated heterocycles. The molecule has 2 atom stereocenters. The van der Waals surface area contributed by atoms with Gasteiger partial charge in [-0.25, -0.2) is 4.79 Å². The fraction of sp³-hybridized carbons (Fsp3) is 0.933. The molecule has 0 saturated carbocycles. The Bertz CT molecular complexity index is 419. The van der Waals surface area contributed by atoms with Crippen molar-refractivity contribution in [2.45, 2.75) is 38.5 Å². The summed E-state index contributed by atoms with van der Waals surface area (Å²) in [6.07, 6.45) is -2.64. The van der Waals surface area contributed by atoms with Gasteiger partial charge in [-0.05, 0) is 32.2 Å². The first-order chi connectivity index (χ1) is 10.7. The molecule has 0 aliphatic carbocycles. The SMILES string of the molecule is CCC1(C)CN(C(=O)NCC2CCN(CC(F)(F)F)C2)CCO1. The highest BCUT2D eigenvalue weighted by molar-refractivity contribution is 5.74. The average Bonchev–Trinajstić information content (AvgIpc) is 2.90. The molecule has 2 aliphatic rings. The van der Waals surface area contributed by atoms with Gasteiger partial charge in [0.1, 0.15) is 0 Å². The van der Waals surface area contributed by atoms with E-state index in [1.165, 1.54) is 4.90 Å². The number of carbonyl (C=O) groups excluding carboxylic acids is 1. The minimum Gasteiger partial charge on any atom is -0.372 e. The Kier molecular flexibility index (Phi) is 5.78. The van der Waals surface area contributed by atoms with Crippen LogP contribution in [0.1, 0.15) is 26.7 Å². The first kappa shape index (κ1) is 18.3. The van der Waals surface area contributed by atoms with Crippen molar-refractivity contribution in [3.8, 4) is 0 Å². The van der Waals surface area contributed by atoms with Crippen LogP contribution < -0.4 is 5.32 Å². The molecule has 2 heterocycles. The number of amides is 2. The summed E-state index contributed by atoms with van der Waals surface area (Å²) in [5.74, 6) is 0.0832. The zero-order chi connectivity index (χ0) is 17.1. The van der Waals surface area contributed by atoms with E-state index in [1.54, 1.807) is 4.90 Å². The van der Waals surface area contributed by atoms with Crippen LogP contribution in [0.4, 0.5) is 18.0 Å².